The van der Waals surface area contributed by atoms with E-state index in [-0.39, 0.29) is 12.0 Å². The monoisotopic (exact) mass is 338 g/mol. The molecule has 1 aromatic carbocycles. The zero-order chi connectivity index (χ0) is 17.2. The molecule has 2 aromatic rings. The molecule has 0 spiro atoms. The first-order chi connectivity index (χ1) is 12.3. The van der Waals surface area contributed by atoms with Gasteiger partial charge in [-0.25, -0.2) is 0 Å². The Balaban J connectivity index is 1.65. The van der Waals surface area contributed by atoms with Gasteiger partial charge in [0.15, 0.2) is 0 Å². The standard InChI is InChI=1S/C20H22N2O3/c1-24-16-6-7-17(19(12-16)25-15-4-2-3-5-15)20(23)22-11-9-14-13-21-10-8-18(14)22/h6-8,10,12-13,15H,2-5,9,11H2,1H3. The van der Waals surface area contributed by atoms with Crippen LogP contribution in [0.4, 0.5) is 5.69 Å². The maximum absolute atomic E-state index is 13.2. The van der Waals surface area contributed by atoms with Crippen molar-refractivity contribution in [2.45, 2.75) is 38.2 Å². The van der Waals surface area contributed by atoms with E-state index in [4.69, 9.17) is 9.47 Å². The zero-order valence-corrected chi connectivity index (χ0v) is 14.4. The lowest BCUT2D eigenvalue weighted by atomic mass is 10.1. The lowest BCUT2D eigenvalue weighted by Crippen LogP contribution is -2.29. The second-order valence-corrected chi connectivity index (χ2v) is 6.60. The fourth-order valence-corrected chi connectivity index (χ4v) is 3.67. The first-order valence-corrected chi connectivity index (χ1v) is 8.85. The molecule has 1 amide bonds. The van der Waals surface area contributed by atoms with Crippen molar-refractivity contribution in [1.29, 1.82) is 0 Å². The lowest BCUT2D eigenvalue weighted by Gasteiger charge is -2.21. The molecule has 0 bridgehead atoms. The van der Waals surface area contributed by atoms with E-state index >= 15 is 0 Å². The largest absolute Gasteiger partial charge is 0.497 e. The van der Waals surface area contributed by atoms with Gasteiger partial charge in [-0.3, -0.25) is 9.78 Å². The van der Waals surface area contributed by atoms with Gasteiger partial charge in [0.25, 0.3) is 5.91 Å². The number of benzene rings is 1. The first-order valence-electron chi connectivity index (χ1n) is 8.85. The number of ether oxygens (including phenoxy) is 2. The van der Waals surface area contributed by atoms with Crippen LogP contribution in [0.25, 0.3) is 0 Å². The summed E-state index contributed by atoms with van der Waals surface area (Å²) >= 11 is 0. The number of carbonyl (C=O) groups excluding carboxylic acids is 1. The number of methoxy groups -OCH3 is 1. The second-order valence-electron chi connectivity index (χ2n) is 6.60. The van der Waals surface area contributed by atoms with Crippen LogP contribution < -0.4 is 14.4 Å². The van der Waals surface area contributed by atoms with E-state index in [1.807, 2.05) is 35.4 Å². The molecule has 0 atom stereocenters. The third kappa shape index (κ3) is 3.06. The number of carbonyl (C=O) groups is 1. The molecule has 5 heteroatoms. The summed E-state index contributed by atoms with van der Waals surface area (Å²) in [5, 5.41) is 0. The van der Waals surface area contributed by atoms with Crippen LogP contribution >= 0.6 is 0 Å². The van der Waals surface area contributed by atoms with Crippen LogP contribution in [0, 0.1) is 0 Å². The molecule has 1 aliphatic heterocycles. The Morgan fingerprint density at radius 2 is 2.08 bits per heavy atom. The highest BCUT2D eigenvalue weighted by Gasteiger charge is 2.28. The van der Waals surface area contributed by atoms with E-state index in [1.54, 1.807) is 13.3 Å². The summed E-state index contributed by atoms with van der Waals surface area (Å²) in [6.07, 6.45) is 9.06. The number of hydrogen-bond acceptors (Lipinski definition) is 4. The molecule has 130 valence electrons. The summed E-state index contributed by atoms with van der Waals surface area (Å²) in [6.45, 7) is 0.675. The molecule has 5 nitrogen and oxygen atoms in total. The van der Waals surface area contributed by atoms with Crippen LogP contribution in [0.1, 0.15) is 41.6 Å². The molecule has 1 saturated carbocycles. The summed E-state index contributed by atoms with van der Waals surface area (Å²) in [7, 11) is 1.62. The molecule has 4 rings (SSSR count). The third-order valence-electron chi connectivity index (χ3n) is 5.03. The van der Waals surface area contributed by atoms with Crippen molar-refractivity contribution in [3.05, 3.63) is 47.8 Å². The van der Waals surface area contributed by atoms with Gasteiger partial charge in [-0.2, -0.15) is 0 Å². The summed E-state index contributed by atoms with van der Waals surface area (Å²) in [4.78, 5) is 19.2. The average molecular weight is 338 g/mol. The van der Waals surface area contributed by atoms with Crippen LogP contribution in [0.5, 0.6) is 11.5 Å². The summed E-state index contributed by atoms with van der Waals surface area (Å²) in [5.74, 6) is 1.30. The molecule has 2 heterocycles. The predicted octanol–water partition coefficient (Wildman–Crippen LogP) is 3.61. The van der Waals surface area contributed by atoms with Crippen molar-refractivity contribution in [2.24, 2.45) is 0 Å². The van der Waals surface area contributed by atoms with E-state index in [9.17, 15) is 4.79 Å². The van der Waals surface area contributed by atoms with Crippen LogP contribution in [-0.2, 0) is 6.42 Å². The maximum Gasteiger partial charge on any atom is 0.262 e. The highest BCUT2D eigenvalue weighted by atomic mass is 16.5. The van der Waals surface area contributed by atoms with Crippen LogP contribution in [0.15, 0.2) is 36.7 Å². The highest BCUT2D eigenvalue weighted by Crippen LogP contribution is 2.34. The number of rotatable bonds is 4. The molecule has 25 heavy (non-hydrogen) atoms. The highest BCUT2D eigenvalue weighted by molar-refractivity contribution is 6.09. The molecule has 0 N–H and O–H groups in total. The van der Waals surface area contributed by atoms with Gasteiger partial charge in [0.1, 0.15) is 11.5 Å². The van der Waals surface area contributed by atoms with Crippen molar-refractivity contribution in [3.8, 4) is 11.5 Å². The number of fused-ring (bicyclic) bond motifs is 1. The first kappa shape index (κ1) is 15.9. The van der Waals surface area contributed by atoms with Crippen molar-refractivity contribution in [1.82, 2.24) is 4.98 Å². The number of nitrogens with zero attached hydrogens (tertiary/aromatic N) is 2. The van der Waals surface area contributed by atoms with Gasteiger partial charge in [-0.05, 0) is 55.9 Å². The van der Waals surface area contributed by atoms with Crippen LogP contribution in [0.2, 0.25) is 0 Å². The fraction of sp³-hybridized carbons (Fsp3) is 0.400. The van der Waals surface area contributed by atoms with Gasteiger partial charge in [0.2, 0.25) is 0 Å². The molecule has 0 saturated heterocycles. The SMILES string of the molecule is COc1ccc(C(=O)N2CCc3cnccc32)c(OC2CCCC2)c1. The van der Waals surface area contributed by atoms with Crippen molar-refractivity contribution in [3.63, 3.8) is 0 Å². The number of hydrogen-bond donors (Lipinski definition) is 0. The van der Waals surface area contributed by atoms with Crippen LogP contribution in [-0.4, -0.2) is 30.6 Å². The summed E-state index contributed by atoms with van der Waals surface area (Å²) in [5.41, 5.74) is 2.66. The van der Waals surface area contributed by atoms with Crippen molar-refractivity contribution in [2.75, 3.05) is 18.6 Å². The average Bonchev–Trinajstić information content (AvgIpc) is 3.30. The maximum atomic E-state index is 13.2. The number of anilines is 1. The van der Waals surface area contributed by atoms with E-state index in [0.29, 0.717) is 23.6 Å². The number of aromatic nitrogens is 1. The van der Waals surface area contributed by atoms with Gasteiger partial charge < -0.3 is 14.4 Å². The molecular weight excluding hydrogens is 316 g/mol. The Labute approximate surface area is 147 Å². The smallest absolute Gasteiger partial charge is 0.262 e. The predicted molar refractivity (Wildman–Crippen MR) is 95.5 cm³/mol. The molecular formula is C20H22N2O3. The van der Waals surface area contributed by atoms with Gasteiger partial charge in [0, 0.05) is 25.0 Å². The van der Waals surface area contributed by atoms with E-state index in [1.165, 1.54) is 12.8 Å². The Bertz CT molecular complexity index is 784. The van der Waals surface area contributed by atoms with Gasteiger partial charge >= 0.3 is 0 Å². The Morgan fingerprint density at radius 1 is 1.24 bits per heavy atom. The third-order valence-corrected chi connectivity index (χ3v) is 5.03. The van der Waals surface area contributed by atoms with Gasteiger partial charge in [-0.1, -0.05) is 0 Å². The summed E-state index contributed by atoms with van der Waals surface area (Å²) < 4.78 is 11.5. The minimum atomic E-state index is -0.0272. The van der Waals surface area contributed by atoms with E-state index < -0.39 is 0 Å². The quantitative estimate of drug-likeness (QED) is 0.854. The van der Waals surface area contributed by atoms with Crippen LogP contribution in [0.3, 0.4) is 0 Å². The van der Waals surface area contributed by atoms with E-state index in [0.717, 1.165) is 30.5 Å². The normalized spacial score (nSPS) is 16.8. The molecule has 0 unspecified atom stereocenters. The molecule has 0 radical (unpaired) electrons. The fourth-order valence-electron chi connectivity index (χ4n) is 3.67. The number of pyridine rings is 1. The zero-order valence-electron chi connectivity index (χ0n) is 14.4. The van der Waals surface area contributed by atoms with Gasteiger partial charge in [0.05, 0.1) is 24.5 Å². The molecule has 1 fully saturated rings. The molecule has 2 aliphatic rings. The van der Waals surface area contributed by atoms with Crippen molar-refractivity contribution < 1.29 is 14.3 Å². The second kappa shape index (κ2) is 6.75. The lowest BCUT2D eigenvalue weighted by molar-refractivity contribution is 0.0982. The topological polar surface area (TPSA) is 51.7 Å². The minimum absolute atomic E-state index is 0.0272. The molecule has 1 aromatic heterocycles. The Kier molecular flexibility index (Phi) is 4.30. The number of amides is 1. The Morgan fingerprint density at radius 3 is 2.88 bits per heavy atom. The van der Waals surface area contributed by atoms with Gasteiger partial charge in [-0.15, -0.1) is 0 Å². The summed E-state index contributed by atoms with van der Waals surface area (Å²) in [6, 6.07) is 7.36. The van der Waals surface area contributed by atoms with E-state index in [2.05, 4.69) is 4.98 Å². The van der Waals surface area contributed by atoms with Crippen molar-refractivity contribution >= 4 is 11.6 Å². The minimum Gasteiger partial charge on any atom is -0.497 e. The molecule has 1 aliphatic carbocycles. The Hall–Kier alpha value is -2.56.